The number of ketones is 1. The van der Waals surface area contributed by atoms with Crippen molar-refractivity contribution in [3.63, 3.8) is 0 Å². The van der Waals surface area contributed by atoms with Gasteiger partial charge in [-0.3, -0.25) is 4.79 Å². The number of hydrogen-bond acceptors (Lipinski definition) is 7. The molecule has 6 unspecified atom stereocenters. The van der Waals surface area contributed by atoms with E-state index >= 15 is 0 Å². The topological polar surface area (TPSA) is 110 Å². The van der Waals surface area contributed by atoms with Gasteiger partial charge >= 0.3 is 11.9 Å². The van der Waals surface area contributed by atoms with E-state index in [0.29, 0.717) is 37.5 Å². The maximum absolute atomic E-state index is 12.9. The van der Waals surface area contributed by atoms with Crippen molar-refractivity contribution in [2.24, 2.45) is 29.6 Å². The number of fused-ring (bicyclic) bond motifs is 2. The minimum absolute atomic E-state index is 0.171. The molecule has 0 amide bonds. The van der Waals surface area contributed by atoms with Crippen LogP contribution in [-0.2, 0) is 23.9 Å². The first-order valence-corrected chi connectivity index (χ1v) is 12.0. The molecule has 0 spiro atoms. The highest BCUT2D eigenvalue weighted by molar-refractivity contribution is 6.06. The summed E-state index contributed by atoms with van der Waals surface area (Å²) in [7, 11) is 0. The smallest absolute Gasteiger partial charge is 0.338 e. The van der Waals surface area contributed by atoms with Crippen LogP contribution >= 0.6 is 0 Å². The summed E-state index contributed by atoms with van der Waals surface area (Å²) < 4.78 is 11.3. The Morgan fingerprint density at radius 2 is 1.25 bits per heavy atom. The second-order valence-electron chi connectivity index (χ2n) is 9.92. The molecule has 0 saturated heterocycles. The zero-order valence-corrected chi connectivity index (χ0v) is 19.1. The van der Waals surface area contributed by atoms with Crippen molar-refractivity contribution in [2.75, 3.05) is 0 Å². The fraction of sp³-hybridized carbons (Fsp3) is 0.720. The summed E-state index contributed by atoms with van der Waals surface area (Å²) in [6.45, 7) is 5.44. The van der Waals surface area contributed by atoms with Gasteiger partial charge in [0.2, 0.25) is 0 Å². The number of ether oxygens (including phenoxy) is 2. The second kappa shape index (κ2) is 8.91. The van der Waals surface area contributed by atoms with Crippen LogP contribution in [0.1, 0.15) is 72.1 Å². The molecule has 2 N–H and O–H groups in total. The first-order valence-electron chi connectivity index (χ1n) is 12.0. The Morgan fingerprint density at radius 1 is 0.844 bits per heavy atom. The number of rotatable bonds is 5. The van der Waals surface area contributed by atoms with Crippen molar-refractivity contribution in [1.29, 1.82) is 0 Å². The van der Waals surface area contributed by atoms with Crippen molar-refractivity contribution in [1.82, 2.24) is 0 Å². The number of esters is 2. The molecule has 6 atom stereocenters. The van der Waals surface area contributed by atoms with Crippen LogP contribution in [0.4, 0.5) is 0 Å². The van der Waals surface area contributed by atoms with Crippen LogP contribution in [0.2, 0.25) is 0 Å². The zero-order chi connectivity index (χ0) is 23.2. The van der Waals surface area contributed by atoms with Gasteiger partial charge in [-0.05, 0) is 57.3 Å². The van der Waals surface area contributed by atoms with E-state index in [1.807, 2.05) is 0 Å². The number of aliphatic hydroxyl groups is 2. The Hall–Kier alpha value is -2.31. The number of aliphatic hydroxyl groups excluding tert-OH is 2. The first-order chi connectivity index (χ1) is 15.3. The highest BCUT2D eigenvalue weighted by atomic mass is 16.6. The van der Waals surface area contributed by atoms with Crippen molar-refractivity contribution in [3.05, 3.63) is 22.7 Å². The molecule has 2 fully saturated rings. The minimum atomic E-state index is -1.39. The van der Waals surface area contributed by atoms with Crippen LogP contribution in [0.15, 0.2) is 22.7 Å². The molecule has 2 aliphatic heterocycles. The molecule has 4 aliphatic rings. The fourth-order valence-corrected chi connectivity index (χ4v) is 6.15. The summed E-state index contributed by atoms with van der Waals surface area (Å²) in [4.78, 5) is 38.7. The van der Waals surface area contributed by atoms with Gasteiger partial charge in [0.05, 0.1) is 28.9 Å². The molecule has 32 heavy (non-hydrogen) atoms. The molecule has 0 radical (unpaired) electrons. The molecule has 2 saturated carbocycles. The molecule has 7 heteroatoms. The molecule has 4 rings (SSSR count). The summed E-state index contributed by atoms with van der Waals surface area (Å²) in [6, 6.07) is 0. The Kier molecular flexibility index (Phi) is 6.37. The molecule has 0 aromatic heterocycles. The van der Waals surface area contributed by atoms with Gasteiger partial charge in [-0.2, -0.15) is 0 Å². The van der Waals surface area contributed by atoms with E-state index in [1.165, 1.54) is 6.92 Å². The molecule has 7 nitrogen and oxygen atoms in total. The number of carbonyl (C=O) groups is 3. The molecule has 2 aliphatic carbocycles. The summed E-state index contributed by atoms with van der Waals surface area (Å²) >= 11 is 0. The Morgan fingerprint density at radius 3 is 1.59 bits per heavy atom. The molecule has 0 aromatic carbocycles. The quantitative estimate of drug-likeness (QED) is 0.605. The van der Waals surface area contributed by atoms with Gasteiger partial charge in [-0.15, -0.1) is 0 Å². The zero-order valence-electron chi connectivity index (χ0n) is 19.1. The van der Waals surface area contributed by atoms with Gasteiger partial charge in [0.1, 0.15) is 29.5 Å². The van der Waals surface area contributed by atoms with Gasteiger partial charge in [0, 0.05) is 0 Å². The highest BCUT2D eigenvalue weighted by Crippen LogP contribution is 2.46. The molecular weight excluding hydrogens is 412 g/mol. The van der Waals surface area contributed by atoms with E-state index in [-0.39, 0.29) is 22.7 Å². The van der Waals surface area contributed by atoms with E-state index in [2.05, 4.69) is 13.8 Å². The van der Waals surface area contributed by atoms with Crippen LogP contribution in [0.3, 0.4) is 0 Å². The van der Waals surface area contributed by atoms with Crippen LogP contribution in [0, 0.1) is 29.6 Å². The average molecular weight is 447 g/mol. The van der Waals surface area contributed by atoms with Gasteiger partial charge < -0.3 is 19.7 Å². The lowest BCUT2D eigenvalue weighted by Gasteiger charge is -2.41. The summed E-state index contributed by atoms with van der Waals surface area (Å²) in [5.74, 6) is -3.80. The molecule has 0 aromatic rings. The van der Waals surface area contributed by atoms with Crippen molar-refractivity contribution in [3.8, 4) is 0 Å². The lowest BCUT2D eigenvalue weighted by atomic mass is 9.71. The fourth-order valence-electron chi connectivity index (χ4n) is 6.15. The maximum atomic E-state index is 12.9. The summed E-state index contributed by atoms with van der Waals surface area (Å²) in [5.41, 5.74) is -0.425. The molecular formula is C25H34O7. The van der Waals surface area contributed by atoms with Gasteiger partial charge in [0.15, 0.2) is 0 Å². The molecule has 176 valence electrons. The predicted molar refractivity (Wildman–Crippen MR) is 115 cm³/mol. The van der Waals surface area contributed by atoms with Gasteiger partial charge in [0.25, 0.3) is 0 Å². The standard InChI is InChI=1S/C25H34O7/c1-4-13-6-8-17-15(10-13)22(27)20(24(29)31-17)19(12(3)26)21-23(28)16-11-14(5-2)7-9-18(16)32-25(21)30/h13-19,27-28H,4-11H2,1-3H3. The summed E-state index contributed by atoms with van der Waals surface area (Å²) in [6.07, 6.45) is 5.55. The summed E-state index contributed by atoms with van der Waals surface area (Å²) in [5, 5.41) is 22.3. The molecule has 2 heterocycles. The van der Waals surface area contributed by atoms with E-state index in [4.69, 9.17) is 9.47 Å². The van der Waals surface area contributed by atoms with Crippen molar-refractivity contribution < 1.29 is 34.1 Å². The average Bonchev–Trinajstić information content (AvgIpc) is 2.77. The number of hydrogen-bond donors (Lipinski definition) is 2. The van der Waals surface area contributed by atoms with Crippen LogP contribution in [-0.4, -0.2) is 40.1 Å². The molecule has 0 bridgehead atoms. The lowest BCUT2D eigenvalue weighted by molar-refractivity contribution is -0.156. The van der Waals surface area contributed by atoms with E-state index in [0.717, 1.165) is 25.7 Å². The third-order valence-corrected chi connectivity index (χ3v) is 8.14. The Bertz CT molecular complexity index is 806. The normalized spacial score (nSPS) is 36.1. The van der Waals surface area contributed by atoms with E-state index in [9.17, 15) is 24.6 Å². The SMILES string of the molecule is CCC1CCC2OC(=O)C(C(C(C)=O)C3=C(O)C4CC(CC)CCC4OC3=O)=C(O)C2C1. The van der Waals surface area contributed by atoms with Crippen molar-refractivity contribution >= 4 is 17.7 Å². The Labute approximate surface area is 188 Å². The van der Waals surface area contributed by atoms with E-state index < -0.39 is 47.7 Å². The van der Waals surface area contributed by atoms with E-state index in [1.54, 1.807) is 0 Å². The minimum Gasteiger partial charge on any atom is -0.511 e. The number of Topliss-reactive ketones (excluding diaryl/α,β-unsaturated/α-hetero) is 1. The lowest BCUT2D eigenvalue weighted by Crippen LogP contribution is -2.45. The number of carbonyl (C=O) groups excluding carboxylic acids is 3. The predicted octanol–water partition coefficient (Wildman–Crippen LogP) is 4.32. The second-order valence-corrected chi connectivity index (χ2v) is 9.92. The van der Waals surface area contributed by atoms with Crippen LogP contribution in [0.5, 0.6) is 0 Å². The Balaban J connectivity index is 1.76. The van der Waals surface area contributed by atoms with Crippen molar-refractivity contribution in [2.45, 2.75) is 84.3 Å². The monoisotopic (exact) mass is 446 g/mol. The van der Waals surface area contributed by atoms with Gasteiger partial charge in [-0.1, -0.05) is 26.7 Å². The van der Waals surface area contributed by atoms with Crippen LogP contribution < -0.4 is 0 Å². The van der Waals surface area contributed by atoms with Crippen LogP contribution in [0.25, 0.3) is 0 Å². The third-order valence-electron chi connectivity index (χ3n) is 8.14. The highest BCUT2D eigenvalue weighted by Gasteiger charge is 2.50. The van der Waals surface area contributed by atoms with Gasteiger partial charge in [-0.25, -0.2) is 9.59 Å². The maximum Gasteiger partial charge on any atom is 0.338 e. The third kappa shape index (κ3) is 3.84. The first kappa shape index (κ1) is 22.9. The largest absolute Gasteiger partial charge is 0.511 e.